The van der Waals surface area contributed by atoms with Gasteiger partial charge in [0.15, 0.2) is 0 Å². The van der Waals surface area contributed by atoms with Gasteiger partial charge in [-0.05, 0) is 23.8 Å². The van der Waals surface area contributed by atoms with E-state index in [4.69, 9.17) is 14.3 Å². The molecule has 1 heterocycles. The van der Waals surface area contributed by atoms with Gasteiger partial charge in [-0.15, -0.1) is 0 Å². The highest BCUT2D eigenvalue weighted by Crippen LogP contribution is 2.20. The Labute approximate surface area is 131 Å². The van der Waals surface area contributed by atoms with Crippen molar-refractivity contribution in [2.45, 2.75) is 6.42 Å². The first-order valence-electron chi connectivity index (χ1n) is 7.11. The molecule has 0 unspecified atom stereocenters. The van der Waals surface area contributed by atoms with E-state index in [9.17, 15) is 9.59 Å². The van der Waals surface area contributed by atoms with E-state index in [1.807, 2.05) is 30.3 Å². The number of carboxylic acid groups (broad SMARTS) is 1. The van der Waals surface area contributed by atoms with Crippen LogP contribution < -0.4 is 10.4 Å². The van der Waals surface area contributed by atoms with E-state index in [2.05, 4.69) is 0 Å². The van der Waals surface area contributed by atoms with E-state index in [1.54, 1.807) is 18.2 Å². The smallest absolute Gasteiger partial charge is 0.351 e. The van der Waals surface area contributed by atoms with Gasteiger partial charge in [0.25, 0.3) is 0 Å². The Balaban J connectivity index is 1.76. The van der Waals surface area contributed by atoms with Gasteiger partial charge in [0.1, 0.15) is 16.9 Å². The van der Waals surface area contributed by atoms with Gasteiger partial charge in [-0.3, -0.25) is 0 Å². The molecular weight excluding hydrogens is 296 g/mol. The van der Waals surface area contributed by atoms with Crippen LogP contribution in [-0.2, 0) is 6.42 Å². The van der Waals surface area contributed by atoms with Crippen molar-refractivity contribution in [2.24, 2.45) is 0 Å². The molecule has 5 heteroatoms. The Morgan fingerprint density at radius 3 is 2.61 bits per heavy atom. The van der Waals surface area contributed by atoms with Gasteiger partial charge < -0.3 is 14.3 Å². The molecule has 1 aromatic heterocycles. The van der Waals surface area contributed by atoms with Crippen LogP contribution in [0, 0.1) is 0 Å². The van der Waals surface area contributed by atoms with E-state index in [-0.39, 0.29) is 5.56 Å². The molecule has 116 valence electrons. The molecule has 0 atom stereocenters. The number of hydrogen-bond acceptors (Lipinski definition) is 4. The molecule has 23 heavy (non-hydrogen) atoms. The maximum absolute atomic E-state index is 11.6. The van der Waals surface area contributed by atoms with Crippen LogP contribution in [0.5, 0.6) is 5.75 Å². The van der Waals surface area contributed by atoms with Gasteiger partial charge >= 0.3 is 11.6 Å². The molecule has 0 aliphatic rings. The molecule has 3 rings (SSSR count). The topological polar surface area (TPSA) is 76.7 Å². The largest absolute Gasteiger partial charge is 0.493 e. The number of hydrogen-bond donors (Lipinski definition) is 1. The predicted octanol–water partition coefficient (Wildman–Crippen LogP) is 3.11. The maximum Gasteiger partial charge on any atom is 0.351 e. The summed E-state index contributed by atoms with van der Waals surface area (Å²) < 4.78 is 10.7. The molecule has 0 bridgehead atoms. The number of fused-ring (bicyclic) bond motifs is 1. The normalized spacial score (nSPS) is 10.6. The molecule has 0 saturated carbocycles. The summed E-state index contributed by atoms with van der Waals surface area (Å²) in [6, 6.07) is 16.2. The molecular formula is C18H14O5. The van der Waals surface area contributed by atoms with Crippen molar-refractivity contribution in [1.82, 2.24) is 0 Å². The maximum atomic E-state index is 11.6. The molecule has 5 nitrogen and oxygen atoms in total. The molecule has 2 aromatic carbocycles. The highest BCUT2D eigenvalue weighted by Gasteiger charge is 2.12. The first-order chi connectivity index (χ1) is 11.1. The minimum atomic E-state index is -1.30. The minimum absolute atomic E-state index is 0.303. The lowest BCUT2D eigenvalue weighted by atomic mass is 10.1. The molecule has 1 N–H and O–H groups in total. The monoisotopic (exact) mass is 310 g/mol. The number of rotatable bonds is 5. The Morgan fingerprint density at radius 2 is 1.87 bits per heavy atom. The molecule has 0 radical (unpaired) electrons. The number of carbonyl (C=O) groups is 1. The van der Waals surface area contributed by atoms with Gasteiger partial charge in [0.05, 0.1) is 6.61 Å². The predicted molar refractivity (Wildman–Crippen MR) is 85.1 cm³/mol. The molecule has 0 fully saturated rings. The summed E-state index contributed by atoms with van der Waals surface area (Å²) in [5.74, 6) is -0.733. The van der Waals surface area contributed by atoms with Crippen LogP contribution in [0.15, 0.2) is 63.8 Å². The highest BCUT2D eigenvalue weighted by molar-refractivity contribution is 5.91. The SMILES string of the molecule is O=C(O)c1cc2ccc(OCCc3ccccc3)cc2oc1=O. The van der Waals surface area contributed by atoms with Crippen molar-refractivity contribution >= 4 is 16.9 Å². The average Bonchev–Trinajstić information content (AvgIpc) is 2.55. The van der Waals surface area contributed by atoms with Gasteiger partial charge in [-0.2, -0.15) is 0 Å². The summed E-state index contributed by atoms with van der Waals surface area (Å²) in [6.45, 7) is 0.493. The van der Waals surface area contributed by atoms with Gasteiger partial charge in [0.2, 0.25) is 0 Å². The van der Waals surface area contributed by atoms with Crippen LogP contribution in [0.2, 0.25) is 0 Å². The first-order valence-corrected chi connectivity index (χ1v) is 7.11. The Kier molecular flexibility index (Phi) is 4.10. The zero-order chi connectivity index (χ0) is 16.2. The van der Waals surface area contributed by atoms with E-state index in [0.29, 0.717) is 23.3 Å². The molecule has 0 amide bonds. The minimum Gasteiger partial charge on any atom is -0.493 e. The molecule has 0 aliphatic heterocycles. The van der Waals surface area contributed by atoms with Crippen molar-refractivity contribution in [3.8, 4) is 5.75 Å². The molecule has 0 aliphatic carbocycles. The standard InChI is InChI=1S/C18H14O5/c19-17(20)15-10-13-6-7-14(11-16(13)23-18(15)21)22-9-8-12-4-2-1-3-5-12/h1-7,10-11H,8-9H2,(H,19,20). The summed E-state index contributed by atoms with van der Waals surface area (Å²) in [4.78, 5) is 22.5. The van der Waals surface area contributed by atoms with Crippen LogP contribution in [0.1, 0.15) is 15.9 Å². The first kappa shape index (κ1) is 14.8. The van der Waals surface area contributed by atoms with Crippen LogP contribution >= 0.6 is 0 Å². The quantitative estimate of drug-likeness (QED) is 0.733. The second kappa shape index (κ2) is 6.36. The highest BCUT2D eigenvalue weighted by atomic mass is 16.5. The summed E-state index contributed by atoms with van der Waals surface area (Å²) in [5.41, 5.74) is 0.227. The zero-order valence-electron chi connectivity index (χ0n) is 12.2. The van der Waals surface area contributed by atoms with Gasteiger partial charge in [0, 0.05) is 17.9 Å². The Hall–Kier alpha value is -3.08. The lowest BCUT2D eigenvalue weighted by molar-refractivity contribution is 0.0692. The van der Waals surface area contributed by atoms with Crippen LogP contribution in [0.3, 0.4) is 0 Å². The zero-order valence-corrected chi connectivity index (χ0v) is 12.2. The van der Waals surface area contributed by atoms with E-state index < -0.39 is 11.6 Å². The van der Waals surface area contributed by atoms with Crippen molar-refractivity contribution in [3.05, 3.63) is 76.1 Å². The lowest BCUT2D eigenvalue weighted by Gasteiger charge is -2.07. The molecule has 0 saturated heterocycles. The van der Waals surface area contributed by atoms with E-state index in [0.717, 1.165) is 6.42 Å². The average molecular weight is 310 g/mol. The number of aromatic carboxylic acids is 1. The fourth-order valence-electron chi connectivity index (χ4n) is 2.26. The third-order valence-electron chi connectivity index (χ3n) is 3.44. The fraction of sp³-hybridized carbons (Fsp3) is 0.111. The number of carboxylic acids is 1. The van der Waals surface area contributed by atoms with E-state index in [1.165, 1.54) is 11.6 Å². The van der Waals surface area contributed by atoms with Gasteiger partial charge in [-0.1, -0.05) is 30.3 Å². The van der Waals surface area contributed by atoms with Crippen molar-refractivity contribution in [2.75, 3.05) is 6.61 Å². The fourth-order valence-corrected chi connectivity index (χ4v) is 2.26. The van der Waals surface area contributed by atoms with Crippen molar-refractivity contribution < 1.29 is 19.1 Å². The number of ether oxygens (including phenoxy) is 1. The van der Waals surface area contributed by atoms with Crippen molar-refractivity contribution in [3.63, 3.8) is 0 Å². The second-order valence-electron chi connectivity index (χ2n) is 5.04. The third-order valence-corrected chi connectivity index (χ3v) is 3.44. The summed E-state index contributed by atoms with van der Waals surface area (Å²) in [5, 5.41) is 9.46. The van der Waals surface area contributed by atoms with Crippen LogP contribution in [0.4, 0.5) is 0 Å². The third kappa shape index (κ3) is 3.40. The van der Waals surface area contributed by atoms with Crippen LogP contribution in [0.25, 0.3) is 11.0 Å². The van der Waals surface area contributed by atoms with Gasteiger partial charge in [-0.25, -0.2) is 9.59 Å². The molecule has 0 spiro atoms. The summed E-state index contributed by atoms with van der Waals surface area (Å²) in [6.07, 6.45) is 0.765. The number of benzene rings is 2. The summed E-state index contributed by atoms with van der Waals surface area (Å²) in [7, 11) is 0. The van der Waals surface area contributed by atoms with Crippen LogP contribution in [-0.4, -0.2) is 17.7 Å². The summed E-state index contributed by atoms with van der Waals surface area (Å²) >= 11 is 0. The van der Waals surface area contributed by atoms with E-state index >= 15 is 0 Å². The molecule has 3 aromatic rings. The second-order valence-corrected chi connectivity index (χ2v) is 5.04. The Morgan fingerprint density at radius 1 is 1.09 bits per heavy atom. The lowest BCUT2D eigenvalue weighted by Crippen LogP contribution is -2.12. The van der Waals surface area contributed by atoms with Crippen molar-refractivity contribution in [1.29, 1.82) is 0 Å². The Bertz CT molecular complexity index is 896.